The number of likely N-dealkylation sites (tertiary alicyclic amines) is 1. The van der Waals surface area contributed by atoms with Crippen LogP contribution < -0.4 is 5.32 Å². The van der Waals surface area contributed by atoms with Crippen LogP contribution in [0.15, 0.2) is 0 Å². The maximum Gasteiger partial charge on any atom is 0.410 e. The molecule has 2 aliphatic rings. The molecule has 19 heavy (non-hydrogen) atoms. The Bertz CT molecular complexity index is 389. The summed E-state index contributed by atoms with van der Waals surface area (Å²) in [5.41, 5.74) is -0.421. The zero-order valence-corrected chi connectivity index (χ0v) is 12.3. The van der Waals surface area contributed by atoms with Crippen LogP contribution in [0.25, 0.3) is 0 Å². The van der Waals surface area contributed by atoms with Crippen molar-refractivity contribution >= 4 is 12.0 Å². The fourth-order valence-corrected chi connectivity index (χ4v) is 2.96. The number of rotatable bonds is 0. The van der Waals surface area contributed by atoms with Crippen LogP contribution in [0.5, 0.6) is 0 Å². The maximum absolute atomic E-state index is 12.0. The summed E-state index contributed by atoms with van der Waals surface area (Å²) in [5, 5.41) is 2.92. The normalized spacial score (nSPS) is 31.5. The van der Waals surface area contributed by atoms with Gasteiger partial charge in [0.2, 0.25) is 5.91 Å². The van der Waals surface area contributed by atoms with Crippen molar-refractivity contribution in [2.75, 3.05) is 19.6 Å². The zero-order chi connectivity index (χ0) is 14.3. The van der Waals surface area contributed by atoms with E-state index in [4.69, 9.17) is 4.74 Å². The molecule has 2 saturated heterocycles. The quantitative estimate of drug-likeness (QED) is 0.728. The molecule has 0 bridgehead atoms. The van der Waals surface area contributed by atoms with Crippen LogP contribution >= 0.6 is 0 Å². The molecule has 0 aromatic rings. The lowest BCUT2D eigenvalue weighted by molar-refractivity contribution is -0.120. The van der Waals surface area contributed by atoms with E-state index in [1.165, 1.54) is 0 Å². The van der Waals surface area contributed by atoms with Crippen molar-refractivity contribution in [3.63, 3.8) is 0 Å². The van der Waals surface area contributed by atoms with Crippen LogP contribution in [-0.4, -0.2) is 42.1 Å². The number of piperidine rings is 1. The van der Waals surface area contributed by atoms with Gasteiger partial charge in [0.1, 0.15) is 5.60 Å². The van der Waals surface area contributed by atoms with Gasteiger partial charge in [-0.05, 0) is 33.1 Å². The van der Waals surface area contributed by atoms with E-state index in [1.807, 2.05) is 20.8 Å². The summed E-state index contributed by atoms with van der Waals surface area (Å²) in [7, 11) is 0. The standard InChI is InChI=1S/C14H24N2O3/c1-10-8-16(12(18)19-13(2,3)4)6-5-14(10)7-11(17)15-9-14/h10H,5-9H2,1-4H3,(H,15,17). The molecule has 0 radical (unpaired) electrons. The van der Waals surface area contributed by atoms with E-state index in [1.54, 1.807) is 4.90 Å². The van der Waals surface area contributed by atoms with Crippen LogP contribution in [-0.2, 0) is 9.53 Å². The highest BCUT2D eigenvalue weighted by Gasteiger charge is 2.46. The first-order valence-electron chi connectivity index (χ1n) is 6.96. The van der Waals surface area contributed by atoms with Gasteiger partial charge in [-0.15, -0.1) is 0 Å². The second-order valence-electron chi connectivity index (χ2n) is 6.89. The average molecular weight is 268 g/mol. The molecule has 2 heterocycles. The average Bonchev–Trinajstić information content (AvgIpc) is 2.63. The second-order valence-corrected chi connectivity index (χ2v) is 6.89. The van der Waals surface area contributed by atoms with Gasteiger partial charge in [0.05, 0.1) is 0 Å². The number of ether oxygens (including phenoxy) is 1. The minimum atomic E-state index is -0.458. The summed E-state index contributed by atoms with van der Waals surface area (Å²) < 4.78 is 5.40. The van der Waals surface area contributed by atoms with Crippen LogP contribution in [0.2, 0.25) is 0 Å². The van der Waals surface area contributed by atoms with Crippen LogP contribution in [0.3, 0.4) is 0 Å². The Kier molecular flexibility index (Phi) is 3.49. The van der Waals surface area contributed by atoms with Gasteiger partial charge in [-0.25, -0.2) is 4.79 Å². The second kappa shape index (κ2) is 4.69. The molecule has 0 saturated carbocycles. The molecule has 5 nitrogen and oxygen atoms in total. The Hall–Kier alpha value is -1.26. The Morgan fingerprint density at radius 3 is 2.63 bits per heavy atom. The van der Waals surface area contributed by atoms with Crippen molar-refractivity contribution < 1.29 is 14.3 Å². The summed E-state index contributed by atoms with van der Waals surface area (Å²) in [6, 6.07) is 0. The van der Waals surface area contributed by atoms with Gasteiger partial charge in [0.15, 0.2) is 0 Å². The van der Waals surface area contributed by atoms with Gasteiger partial charge in [0, 0.05) is 31.5 Å². The highest BCUT2D eigenvalue weighted by molar-refractivity contribution is 5.79. The number of carbonyl (C=O) groups is 2. The van der Waals surface area contributed by atoms with E-state index in [2.05, 4.69) is 12.2 Å². The summed E-state index contributed by atoms with van der Waals surface area (Å²) in [6.07, 6.45) is 1.22. The molecule has 2 amide bonds. The first-order valence-corrected chi connectivity index (χ1v) is 6.96. The van der Waals surface area contributed by atoms with Gasteiger partial charge in [-0.2, -0.15) is 0 Å². The number of carbonyl (C=O) groups excluding carboxylic acids is 2. The van der Waals surface area contributed by atoms with Crippen molar-refractivity contribution in [1.29, 1.82) is 0 Å². The van der Waals surface area contributed by atoms with E-state index in [0.29, 0.717) is 25.4 Å². The third-order valence-corrected chi connectivity index (χ3v) is 4.22. The lowest BCUT2D eigenvalue weighted by atomic mass is 9.70. The topological polar surface area (TPSA) is 58.6 Å². The van der Waals surface area contributed by atoms with Gasteiger partial charge >= 0.3 is 6.09 Å². The summed E-state index contributed by atoms with van der Waals surface area (Å²) in [6.45, 7) is 9.84. The first-order chi connectivity index (χ1) is 8.72. The lowest BCUT2D eigenvalue weighted by Crippen LogP contribution is -2.50. The molecule has 5 heteroatoms. The predicted octanol–water partition coefficient (Wildman–Crippen LogP) is 1.77. The minimum Gasteiger partial charge on any atom is -0.444 e. The largest absolute Gasteiger partial charge is 0.444 e. The van der Waals surface area contributed by atoms with Crippen molar-refractivity contribution in [3.8, 4) is 0 Å². The van der Waals surface area contributed by atoms with E-state index in [0.717, 1.165) is 13.0 Å². The number of hydrogen-bond acceptors (Lipinski definition) is 3. The number of nitrogens with one attached hydrogen (secondary N) is 1. The maximum atomic E-state index is 12.0. The number of nitrogens with zero attached hydrogens (tertiary/aromatic N) is 1. The minimum absolute atomic E-state index is 0.0373. The molecule has 2 atom stereocenters. The highest BCUT2D eigenvalue weighted by atomic mass is 16.6. The Morgan fingerprint density at radius 2 is 2.16 bits per heavy atom. The van der Waals surface area contributed by atoms with Crippen molar-refractivity contribution in [1.82, 2.24) is 10.2 Å². The zero-order valence-electron chi connectivity index (χ0n) is 12.3. The highest BCUT2D eigenvalue weighted by Crippen LogP contribution is 2.41. The number of hydrogen-bond donors (Lipinski definition) is 1. The van der Waals surface area contributed by atoms with E-state index in [-0.39, 0.29) is 17.4 Å². The molecule has 0 aromatic carbocycles. The predicted molar refractivity (Wildman–Crippen MR) is 71.6 cm³/mol. The summed E-state index contributed by atoms with van der Waals surface area (Å²) in [4.78, 5) is 25.3. The third-order valence-electron chi connectivity index (χ3n) is 4.22. The summed E-state index contributed by atoms with van der Waals surface area (Å²) in [5.74, 6) is 0.449. The van der Waals surface area contributed by atoms with Gasteiger partial charge in [-0.3, -0.25) is 4.79 Å². The van der Waals surface area contributed by atoms with Crippen LogP contribution in [0.4, 0.5) is 4.79 Å². The third kappa shape index (κ3) is 3.01. The number of amides is 2. The van der Waals surface area contributed by atoms with Crippen molar-refractivity contribution in [3.05, 3.63) is 0 Å². The molecule has 1 spiro atoms. The molecule has 1 N–H and O–H groups in total. The monoisotopic (exact) mass is 268 g/mol. The lowest BCUT2D eigenvalue weighted by Gasteiger charge is -2.43. The Balaban J connectivity index is 1.97. The molecule has 2 unspecified atom stereocenters. The SMILES string of the molecule is CC1CN(C(=O)OC(C)(C)C)CCC12CNC(=O)C2. The first kappa shape index (κ1) is 14.2. The van der Waals surface area contributed by atoms with Crippen LogP contribution in [0.1, 0.15) is 40.5 Å². The Labute approximate surface area is 114 Å². The smallest absolute Gasteiger partial charge is 0.410 e. The molecule has 0 aromatic heterocycles. The molecule has 2 rings (SSSR count). The molecular weight excluding hydrogens is 244 g/mol. The van der Waals surface area contributed by atoms with Gasteiger partial charge in [0.25, 0.3) is 0 Å². The molecular formula is C14H24N2O3. The fraction of sp³-hybridized carbons (Fsp3) is 0.857. The molecule has 2 fully saturated rings. The summed E-state index contributed by atoms with van der Waals surface area (Å²) >= 11 is 0. The molecule has 0 aliphatic carbocycles. The fourth-order valence-electron chi connectivity index (χ4n) is 2.96. The van der Waals surface area contributed by atoms with Crippen molar-refractivity contribution in [2.45, 2.75) is 46.1 Å². The van der Waals surface area contributed by atoms with E-state index in [9.17, 15) is 9.59 Å². The van der Waals surface area contributed by atoms with Crippen LogP contribution in [0, 0.1) is 11.3 Å². The van der Waals surface area contributed by atoms with E-state index < -0.39 is 5.60 Å². The van der Waals surface area contributed by atoms with Gasteiger partial charge in [-0.1, -0.05) is 6.92 Å². The Morgan fingerprint density at radius 1 is 1.47 bits per heavy atom. The van der Waals surface area contributed by atoms with Gasteiger partial charge < -0.3 is 15.0 Å². The molecule has 108 valence electrons. The van der Waals surface area contributed by atoms with E-state index >= 15 is 0 Å². The molecule has 2 aliphatic heterocycles. The van der Waals surface area contributed by atoms with Crippen molar-refractivity contribution in [2.24, 2.45) is 11.3 Å².